The zero-order valence-electron chi connectivity index (χ0n) is 13.8. The quantitative estimate of drug-likeness (QED) is 0.772. The van der Waals surface area contributed by atoms with Crippen LogP contribution >= 0.6 is 11.3 Å². The average molecular weight is 347 g/mol. The van der Waals surface area contributed by atoms with Crippen LogP contribution in [-0.2, 0) is 0 Å². The normalized spacial score (nSPS) is 15.5. The Labute approximate surface area is 145 Å². The lowest BCUT2D eigenvalue weighted by atomic mass is 10.0. The molecule has 2 aromatic rings. The summed E-state index contributed by atoms with van der Waals surface area (Å²) in [4.78, 5) is 21.6. The monoisotopic (exact) mass is 347 g/mol. The lowest BCUT2D eigenvalue weighted by molar-refractivity contribution is 0.0655. The van der Waals surface area contributed by atoms with Gasteiger partial charge in [-0.1, -0.05) is 19.1 Å². The van der Waals surface area contributed by atoms with Crippen LogP contribution in [0, 0.1) is 5.95 Å². The van der Waals surface area contributed by atoms with E-state index in [2.05, 4.69) is 16.8 Å². The van der Waals surface area contributed by atoms with E-state index in [1.165, 1.54) is 17.4 Å². The predicted octanol–water partition coefficient (Wildman–Crippen LogP) is 3.80. The van der Waals surface area contributed by atoms with Crippen molar-refractivity contribution in [3.8, 4) is 0 Å². The van der Waals surface area contributed by atoms with Crippen molar-refractivity contribution in [2.24, 2.45) is 0 Å². The van der Waals surface area contributed by atoms with E-state index >= 15 is 0 Å². The molecule has 0 bridgehead atoms. The summed E-state index contributed by atoms with van der Waals surface area (Å²) < 4.78 is 13.3. The van der Waals surface area contributed by atoms with Gasteiger partial charge in [0.05, 0.1) is 4.88 Å². The fourth-order valence-electron chi connectivity index (χ4n) is 3.21. The molecular weight excluding hydrogens is 325 g/mol. The van der Waals surface area contributed by atoms with Gasteiger partial charge in [0, 0.05) is 25.7 Å². The molecule has 0 saturated carbocycles. The first-order chi connectivity index (χ1) is 11.7. The summed E-state index contributed by atoms with van der Waals surface area (Å²) >= 11 is 1.49. The van der Waals surface area contributed by atoms with Crippen LogP contribution in [0.5, 0.6) is 0 Å². The molecule has 0 radical (unpaired) electrons. The van der Waals surface area contributed by atoms with Gasteiger partial charge in [0.25, 0.3) is 5.91 Å². The molecule has 0 atom stereocenters. The molecule has 24 heavy (non-hydrogen) atoms. The number of thiophene rings is 1. The van der Waals surface area contributed by atoms with E-state index < -0.39 is 5.95 Å². The summed E-state index contributed by atoms with van der Waals surface area (Å²) in [7, 11) is 0. The van der Waals surface area contributed by atoms with Crippen molar-refractivity contribution >= 4 is 23.1 Å². The number of piperidine rings is 1. The first-order valence-electron chi connectivity index (χ1n) is 8.41. The molecule has 4 nitrogen and oxygen atoms in total. The molecule has 0 aromatic carbocycles. The zero-order chi connectivity index (χ0) is 16.9. The average Bonchev–Trinajstić information content (AvgIpc) is 3.14. The first-order valence-corrected chi connectivity index (χ1v) is 9.29. The maximum atomic E-state index is 13.3. The number of carbonyl (C=O) groups excluding carboxylic acids is 1. The van der Waals surface area contributed by atoms with Gasteiger partial charge in [-0.3, -0.25) is 4.79 Å². The van der Waals surface area contributed by atoms with Gasteiger partial charge in [-0.25, -0.2) is 4.98 Å². The number of aromatic nitrogens is 1. The number of nitrogens with zero attached hydrogens (tertiary/aromatic N) is 3. The van der Waals surface area contributed by atoms with E-state index in [1.54, 1.807) is 6.07 Å². The molecule has 1 fully saturated rings. The number of carbonyl (C=O) groups is 1. The van der Waals surface area contributed by atoms with Crippen molar-refractivity contribution in [1.29, 1.82) is 0 Å². The smallest absolute Gasteiger partial charge is 0.264 e. The Balaban J connectivity index is 1.66. The van der Waals surface area contributed by atoms with Crippen LogP contribution < -0.4 is 4.90 Å². The molecule has 2 aromatic heterocycles. The van der Waals surface area contributed by atoms with Gasteiger partial charge >= 0.3 is 0 Å². The second-order valence-corrected chi connectivity index (χ2v) is 6.96. The molecule has 0 N–H and O–H groups in total. The third-order valence-corrected chi connectivity index (χ3v) is 5.24. The van der Waals surface area contributed by atoms with Crippen LogP contribution in [-0.4, -0.2) is 41.5 Å². The summed E-state index contributed by atoms with van der Waals surface area (Å²) in [5.41, 5.74) is 0. The summed E-state index contributed by atoms with van der Waals surface area (Å²) in [6.45, 7) is 4.46. The Bertz CT molecular complexity index is 669. The highest BCUT2D eigenvalue weighted by molar-refractivity contribution is 7.12. The molecule has 1 saturated heterocycles. The van der Waals surface area contributed by atoms with Gasteiger partial charge in [0.1, 0.15) is 5.82 Å². The Morgan fingerprint density at radius 3 is 2.75 bits per heavy atom. The lowest BCUT2D eigenvalue weighted by Gasteiger charge is -2.38. The molecule has 0 aliphatic carbocycles. The van der Waals surface area contributed by atoms with Crippen molar-refractivity contribution in [3.05, 3.63) is 46.5 Å². The highest BCUT2D eigenvalue weighted by Gasteiger charge is 2.28. The largest absolute Gasteiger partial charge is 0.356 e. The second kappa shape index (κ2) is 7.75. The highest BCUT2D eigenvalue weighted by Crippen LogP contribution is 2.24. The number of anilines is 1. The van der Waals surface area contributed by atoms with Crippen LogP contribution in [0.15, 0.2) is 35.7 Å². The van der Waals surface area contributed by atoms with Crippen molar-refractivity contribution in [2.45, 2.75) is 32.2 Å². The number of hydrogen-bond donors (Lipinski definition) is 0. The summed E-state index contributed by atoms with van der Waals surface area (Å²) in [6.07, 6.45) is 2.72. The fraction of sp³-hybridized carbons (Fsp3) is 0.444. The van der Waals surface area contributed by atoms with Gasteiger partial charge in [0.15, 0.2) is 0 Å². The van der Waals surface area contributed by atoms with E-state index in [0.29, 0.717) is 5.82 Å². The third-order valence-electron chi connectivity index (χ3n) is 4.39. The van der Waals surface area contributed by atoms with Crippen LogP contribution in [0.25, 0.3) is 0 Å². The van der Waals surface area contributed by atoms with Crippen LogP contribution in [0.3, 0.4) is 0 Å². The van der Waals surface area contributed by atoms with E-state index in [0.717, 1.165) is 43.8 Å². The zero-order valence-corrected chi connectivity index (χ0v) is 14.6. The Morgan fingerprint density at radius 2 is 2.12 bits per heavy atom. The number of amides is 1. The van der Waals surface area contributed by atoms with Crippen LogP contribution in [0.1, 0.15) is 35.9 Å². The topological polar surface area (TPSA) is 36.4 Å². The minimum atomic E-state index is -0.449. The molecule has 0 unspecified atom stereocenters. The number of halogens is 1. The molecule has 0 spiro atoms. The first kappa shape index (κ1) is 16.9. The predicted molar refractivity (Wildman–Crippen MR) is 95.1 cm³/mol. The number of pyridine rings is 1. The Morgan fingerprint density at radius 1 is 1.33 bits per heavy atom. The summed E-state index contributed by atoms with van der Waals surface area (Å²) in [6, 6.07) is 8.93. The van der Waals surface area contributed by atoms with Gasteiger partial charge < -0.3 is 9.80 Å². The number of rotatable bonds is 5. The third kappa shape index (κ3) is 3.75. The number of hydrogen-bond acceptors (Lipinski definition) is 4. The molecule has 1 aliphatic heterocycles. The van der Waals surface area contributed by atoms with Crippen LogP contribution in [0.2, 0.25) is 0 Å². The molecular formula is C18H22FN3OS. The lowest BCUT2D eigenvalue weighted by Crippen LogP contribution is -2.47. The second-order valence-electron chi connectivity index (χ2n) is 6.01. The summed E-state index contributed by atoms with van der Waals surface area (Å²) in [5, 5.41) is 1.94. The molecule has 3 rings (SSSR count). The summed E-state index contributed by atoms with van der Waals surface area (Å²) in [5.74, 6) is 0.365. The van der Waals surface area contributed by atoms with Gasteiger partial charge in [-0.05, 0) is 42.8 Å². The van der Waals surface area contributed by atoms with Crippen molar-refractivity contribution in [3.63, 3.8) is 0 Å². The van der Waals surface area contributed by atoms with E-state index in [1.807, 2.05) is 28.5 Å². The van der Waals surface area contributed by atoms with Gasteiger partial charge in [-0.15, -0.1) is 11.3 Å². The standard InChI is InChI=1S/C18H22FN3OS/c1-2-10-22(18(23)15-5-4-13-24-15)14-8-11-21(12-9-14)17-7-3-6-16(19)20-17/h3-7,13-14H,2,8-12H2,1H3. The maximum absolute atomic E-state index is 13.3. The highest BCUT2D eigenvalue weighted by atomic mass is 32.1. The minimum absolute atomic E-state index is 0.134. The minimum Gasteiger partial charge on any atom is -0.356 e. The van der Waals surface area contributed by atoms with Crippen molar-refractivity contribution < 1.29 is 9.18 Å². The molecule has 1 aliphatic rings. The van der Waals surface area contributed by atoms with Gasteiger partial charge in [-0.2, -0.15) is 4.39 Å². The van der Waals surface area contributed by atoms with E-state index in [-0.39, 0.29) is 11.9 Å². The Kier molecular flexibility index (Phi) is 5.45. The van der Waals surface area contributed by atoms with E-state index in [4.69, 9.17) is 0 Å². The van der Waals surface area contributed by atoms with Crippen molar-refractivity contribution in [2.75, 3.05) is 24.5 Å². The Hall–Kier alpha value is -1.95. The molecule has 128 valence electrons. The van der Waals surface area contributed by atoms with Crippen LogP contribution in [0.4, 0.5) is 10.2 Å². The maximum Gasteiger partial charge on any atom is 0.264 e. The van der Waals surface area contributed by atoms with Crippen molar-refractivity contribution in [1.82, 2.24) is 9.88 Å². The molecule has 3 heterocycles. The fourth-order valence-corrected chi connectivity index (χ4v) is 3.89. The molecule has 1 amide bonds. The molecule has 6 heteroatoms. The SMILES string of the molecule is CCCN(C(=O)c1cccs1)C1CCN(c2cccc(F)n2)CC1. The van der Waals surface area contributed by atoms with E-state index in [9.17, 15) is 9.18 Å². The van der Waals surface area contributed by atoms with Gasteiger partial charge in [0.2, 0.25) is 5.95 Å².